The van der Waals surface area contributed by atoms with Crippen molar-refractivity contribution < 1.29 is 4.74 Å². The first-order valence-corrected chi connectivity index (χ1v) is 2.73. The summed E-state index contributed by atoms with van der Waals surface area (Å²) in [5.41, 5.74) is 0. The molecule has 0 aliphatic carbocycles. The summed E-state index contributed by atoms with van der Waals surface area (Å²) in [6, 6.07) is 0. The van der Waals surface area contributed by atoms with E-state index in [-0.39, 0.29) is 6.23 Å². The van der Waals surface area contributed by atoms with Crippen molar-refractivity contribution in [1.29, 1.82) is 0 Å². The summed E-state index contributed by atoms with van der Waals surface area (Å²) < 4.78 is 4.91. The first-order chi connectivity index (χ1) is 3.85. The molecule has 0 amide bonds. The highest BCUT2D eigenvalue weighted by atomic mass is 16.5. The predicted molar refractivity (Wildman–Crippen MR) is 34.7 cm³/mol. The lowest BCUT2D eigenvalue weighted by atomic mass is 10.5. The average Bonchev–Trinajstić information content (AvgIpc) is 1.83. The van der Waals surface area contributed by atoms with Gasteiger partial charge in [0.1, 0.15) is 6.23 Å². The van der Waals surface area contributed by atoms with Crippen molar-refractivity contribution in [2.75, 3.05) is 13.7 Å². The molecular formula is C6H13NO. The zero-order chi connectivity index (χ0) is 6.41. The molecule has 0 bridgehead atoms. The molecule has 0 aromatic heterocycles. The molecule has 0 aromatic carbocycles. The van der Waals surface area contributed by atoms with E-state index in [0.29, 0.717) is 0 Å². The fourth-order valence-corrected chi connectivity index (χ4v) is 0.464. The molecular weight excluding hydrogens is 102 g/mol. The van der Waals surface area contributed by atoms with E-state index in [1.807, 2.05) is 6.92 Å². The Morgan fingerprint density at radius 2 is 2.50 bits per heavy atom. The number of methoxy groups -OCH3 is 1. The van der Waals surface area contributed by atoms with Crippen molar-refractivity contribution in [3.8, 4) is 0 Å². The molecule has 0 saturated carbocycles. The Balaban J connectivity index is 3.21. The Morgan fingerprint density at radius 3 is 2.62 bits per heavy atom. The molecule has 0 aliphatic heterocycles. The molecule has 0 aliphatic rings. The quantitative estimate of drug-likeness (QED) is 0.431. The molecule has 0 aromatic rings. The van der Waals surface area contributed by atoms with E-state index in [1.165, 1.54) is 0 Å². The Labute approximate surface area is 50.5 Å². The van der Waals surface area contributed by atoms with Crippen LogP contribution in [0.25, 0.3) is 0 Å². The topological polar surface area (TPSA) is 21.3 Å². The van der Waals surface area contributed by atoms with Crippen LogP contribution in [0.3, 0.4) is 0 Å². The van der Waals surface area contributed by atoms with Gasteiger partial charge < -0.3 is 4.74 Å². The largest absolute Gasteiger partial charge is 0.363 e. The maximum absolute atomic E-state index is 4.91. The SMILES string of the molecule is C=CC(NCC)OC. The van der Waals surface area contributed by atoms with Crippen LogP contribution in [0.2, 0.25) is 0 Å². The summed E-state index contributed by atoms with van der Waals surface area (Å²) in [5, 5.41) is 3.04. The minimum absolute atomic E-state index is 0.0139. The van der Waals surface area contributed by atoms with E-state index in [9.17, 15) is 0 Å². The molecule has 2 nitrogen and oxygen atoms in total. The van der Waals surface area contributed by atoms with Crippen LogP contribution in [0, 0.1) is 0 Å². The molecule has 0 spiro atoms. The van der Waals surface area contributed by atoms with Gasteiger partial charge in [0.25, 0.3) is 0 Å². The molecule has 48 valence electrons. The summed E-state index contributed by atoms with van der Waals surface area (Å²) in [6.07, 6.45) is 1.74. The van der Waals surface area contributed by atoms with Gasteiger partial charge in [-0.3, -0.25) is 5.32 Å². The lowest BCUT2D eigenvalue weighted by Crippen LogP contribution is -2.27. The molecule has 0 radical (unpaired) electrons. The van der Waals surface area contributed by atoms with Crippen LogP contribution in [0.4, 0.5) is 0 Å². The van der Waals surface area contributed by atoms with E-state index in [4.69, 9.17) is 4.74 Å². The summed E-state index contributed by atoms with van der Waals surface area (Å²) in [4.78, 5) is 0. The van der Waals surface area contributed by atoms with Gasteiger partial charge >= 0.3 is 0 Å². The molecule has 1 atom stereocenters. The zero-order valence-corrected chi connectivity index (χ0v) is 5.48. The third kappa shape index (κ3) is 2.77. The van der Waals surface area contributed by atoms with Gasteiger partial charge in [0.15, 0.2) is 0 Å². The van der Waals surface area contributed by atoms with Crippen molar-refractivity contribution in [2.24, 2.45) is 0 Å². The highest BCUT2D eigenvalue weighted by molar-refractivity contribution is 4.76. The normalized spacial score (nSPS) is 13.2. The summed E-state index contributed by atoms with van der Waals surface area (Å²) in [5.74, 6) is 0. The predicted octanol–water partition coefficient (Wildman–Crippen LogP) is 0.754. The van der Waals surface area contributed by atoms with Crippen LogP contribution < -0.4 is 5.32 Å². The summed E-state index contributed by atoms with van der Waals surface area (Å²) >= 11 is 0. The van der Waals surface area contributed by atoms with Gasteiger partial charge in [-0.15, -0.1) is 0 Å². The number of likely N-dealkylation sites (N-methyl/N-ethyl adjacent to an activating group) is 1. The number of ether oxygens (including phenoxy) is 1. The Kier molecular flexibility index (Phi) is 4.61. The molecule has 2 heteroatoms. The number of nitrogens with one attached hydrogen (secondary N) is 1. The van der Waals surface area contributed by atoms with Crippen molar-refractivity contribution in [2.45, 2.75) is 13.2 Å². The Hall–Kier alpha value is -0.340. The monoisotopic (exact) mass is 115 g/mol. The van der Waals surface area contributed by atoms with E-state index in [1.54, 1.807) is 13.2 Å². The smallest absolute Gasteiger partial charge is 0.126 e. The third-order valence-electron chi connectivity index (χ3n) is 0.873. The second kappa shape index (κ2) is 4.81. The van der Waals surface area contributed by atoms with E-state index in [2.05, 4.69) is 11.9 Å². The van der Waals surface area contributed by atoms with Crippen LogP contribution in [-0.4, -0.2) is 19.9 Å². The second-order valence-corrected chi connectivity index (χ2v) is 1.45. The third-order valence-corrected chi connectivity index (χ3v) is 0.873. The number of hydrogen-bond acceptors (Lipinski definition) is 2. The highest BCUT2D eigenvalue weighted by Gasteiger charge is 1.93. The Bertz CT molecular complexity index is 63.5. The molecule has 1 unspecified atom stereocenters. The number of rotatable bonds is 4. The van der Waals surface area contributed by atoms with Crippen LogP contribution in [0.1, 0.15) is 6.92 Å². The highest BCUT2D eigenvalue weighted by Crippen LogP contribution is 1.81. The molecule has 0 rings (SSSR count). The summed E-state index contributed by atoms with van der Waals surface area (Å²) in [6.45, 7) is 6.49. The fourth-order valence-electron chi connectivity index (χ4n) is 0.464. The van der Waals surface area contributed by atoms with Crippen LogP contribution in [-0.2, 0) is 4.74 Å². The fraction of sp³-hybridized carbons (Fsp3) is 0.667. The summed E-state index contributed by atoms with van der Waals surface area (Å²) in [7, 11) is 1.65. The Morgan fingerprint density at radius 1 is 1.88 bits per heavy atom. The standard InChI is InChI=1S/C6H13NO/c1-4-6(8-3)7-5-2/h4,6-7H,1,5H2,2-3H3. The van der Waals surface area contributed by atoms with Gasteiger partial charge in [-0.2, -0.15) is 0 Å². The van der Waals surface area contributed by atoms with E-state index >= 15 is 0 Å². The molecule has 0 fully saturated rings. The van der Waals surface area contributed by atoms with Crippen molar-refractivity contribution >= 4 is 0 Å². The number of hydrogen-bond donors (Lipinski definition) is 1. The van der Waals surface area contributed by atoms with Gasteiger partial charge in [-0.1, -0.05) is 13.5 Å². The first kappa shape index (κ1) is 7.66. The van der Waals surface area contributed by atoms with E-state index in [0.717, 1.165) is 6.54 Å². The zero-order valence-electron chi connectivity index (χ0n) is 5.48. The van der Waals surface area contributed by atoms with Gasteiger partial charge in [0.2, 0.25) is 0 Å². The molecule has 8 heavy (non-hydrogen) atoms. The van der Waals surface area contributed by atoms with Gasteiger partial charge in [-0.05, 0) is 12.6 Å². The van der Waals surface area contributed by atoms with Crippen molar-refractivity contribution in [1.82, 2.24) is 5.32 Å². The minimum atomic E-state index is 0.0139. The minimum Gasteiger partial charge on any atom is -0.363 e. The maximum atomic E-state index is 4.91. The first-order valence-electron chi connectivity index (χ1n) is 2.73. The lowest BCUT2D eigenvalue weighted by Gasteiger charge is -2.09. The van der Waals surface area contributed by atoms with Gasteiger partial charge in [0, 0.05) is 7.11 Å². The van der Waals surface area contributed by atoms with Gasteiger partial charge in [0.05, 0.1) is 0 Å². The molecule has 0 saturated heterocycles. The van der Waals surface area contributed by atoms with E-state index < -0.39 is 0 Å². The van der Waals surface area contributed by atoms with Crippen molar-refractivity contribution in [3.63, 3.8) is 0 Å². The van der Waals surface area contributed by atoms with Crippen LogP contribution >= 0.6 is 0 Å². The molecule has 1 N–H and O–H groups in total. The van der Waals surface area contributed by atoms with Gasteiger partial charge in [-0.25, -0.2) is 0 Å². The van der Waals surface area contributed by atoms with Crippen molar-refractivity contribution in [3.05, 3.63) is 12.7 Å². The molecule has 0 heterocycles. The van der Waals surface area contributed by atoms with Crippen LogP contribution in [0.5, 0.6) is 0 Å². The van der Waals surface area contributed by atoms with Crippen LogP contribution in [0.15, 0.2) is 12.7 Å². The average molecular weight is 115 g/mol. The maximum Gasteiger partial charge on any atom is 0.126 e. The second-order valence-electron chi connectivity index (χ2n) is 1.45. The lowest BCUT2D eigenvalue weighted by molar-refractivity contribution is 0.115.